The van der Waals surface area contributed by atoms with Crippen LogP contribution in [0.5, 0.6) is 0 Å². The number of aryl methyl sites for hydroxylation is 2. The summed E-state index contributed by atoms with van der Waals surface area (Å²) < 4.78 is 1.98. The zero-order valence-electron chi connectivity index (χ0n) is 10.0. The van der Waals surface area contributed by atoms with E-state index in [0.717, 1.165) is 25.3 Å². The summed E-state index contributed by atoms with van der Waals surface area (Å²) in [6.07, 6.45) is 0. The Hall–Kier alpha value is -0.870. The van der Waals surface area contributed by atoms with Crippen molar-refractivity contribution in [2.45, 2.75) is 19.9 Å². The van der Waals surface area contributed by atoms with Crippen LogP contribution in [0.1, 0.15) is 23.0 Å². The van der Waals surface area contributed by atoms with E-state index in [1.807, 2.05) is 11.7 Å². The lowest BCUT2D eigenvalue weighted by Gasteiger charge is -2.33. The van der Waals surface area contributed by atoms with Crippen LogP contribution in [0.15, 0.2) is 0 Å². The van der Waals surface area contributed by atoms with Crippen LogP contribution in [0.2, 0.25) is 0 Å². The molecule has 1 N–H and O–H groups in total. The average molecular weight is 208 g/mol. The monoisotopic (exact) mass is 208 g/mol. The Kier molecular flexibility index (Phi) is 2.80. The minimum absolute atomic E-state index is 0.479. The molecule has 0 amide bonds. The molecule has 0 bridgehead atoms. The van der Waals surface area contributed by atoms with Gasteiger partial charge in [0.15, 0.2) is 0 Å². The first kappa shape index (κ1) is 10.6. The topological polar surface area (TPSA) is 33.1 Å². The molecule has 1 aromatic rings. The summed E-state index contributed by atoms with van der Waals surface area (Å²) in [7, 11) is 4.21. The molecule has 1 aliphatic rings. The SMILES string of the molecule is Cc1nn(C)c(C)c1C1CNCCN1C. The fourth-order valence-electron chi connectivity index (χ4n) is 2.40. The first-order valence-corrected chi connectivity index (χ1v) is 5.52. The third-order valence-corrected chi connectivity index (χ3v) is 3.41. The molecule has 0 aromatic carbocycles. The largest absolute Gasteiger partial charge is 0.314 e. The number of likely N-dealkylation sites (N-methyl/N-ethyl adjacent to an activating group) is 1. The lowest BCUT2D eigenvalue weighted by Crippen LogP contribution is -2.44. The van der Waals surface area contributed by atoms with Crippen molar-refractivity contribution in [2.24, 2.45) is 7.05 Å². The maximum Gasteiger partial charge on any atom is 0.0644 e. The van der Waals surface area contributed by atoms with Crippen molar-refractivity contribution in [1.29, 1.82) is 0 Å². The molecular weight excluding hydrogens is 188 g/mol. The fraction of sp³-hybridized carbons (Fsp3) is 0.727. The van der Waals surface area contributed by atoms with Crippen LogP contribution in [-0.2, 0) is 7.05 Å². The molecule has 0 spiro atoms. The zero-order valence-corrected chi connectivity index (χ0v) is 10.0. The predicted molar refractivity (Wildman–Crippen MR) is 60.9 cm³/mol. The highest BCUT2D eigenvalue weighted by Crippen LogP contribution is 2.26. The Morgan fingerprint density at radius 2 is 2.07 bits per heavy atom. The number of nitrogens with one attached hydrogen (secondary N) is 1. The van der Waals surface area contributed by atoms with Crippen LogP contribution in [0, 0.1) is 13.8 Å². The molecule has 1 atom stereocenters. The van der Waals surface area contributed by atoms with E-state index in [-0.39, 0.29) is 0 Å². The molecule has 15 heavy (non-hydrogen) atoms. The van der Waals surface area contributed by atoms with Crippen molar-refractivity contribution in [3.05, 3.63) is 17.0 Å². The molecular formula is C11H20N4. The van der Waals surface area contributed by atoms with Crippen molar-refractivity contribution in [2.75, 3.05) is 26.7 Å². The second-order valence-electron chi connectivity index (χ2n) is 4.41. The highest BCUT2D eigenvalue weighted by Gasteiger charge is 2.25. The van der Waals surface area contributed by atoms with E-state index in [2.05, 4.69) is 36.2 Å². The Labute approximate surface area is 91.3 Å². The Balaban J connectivity index is 2.35. The van der Waals surface area contributed by atoms with E-state index in [1.54, 1.807) is 0 Å². The summed E-state index contributed by atoms with van der Waals surface area (Å²) in [5.41, 5.74) is 3.84. The number of hydrogen-bond acceptors (Lipinski definition) is 3. The van der Waals surface area contributed by atoms with Crippen molar-refractivity contribution in [3.8, 4) is 0 Å². The average Bonchev–Trinajstić information content (AvgIpc) is 2.43. The summed E-state index contributed by atoms with van der Waals surface area (Å²) in [6, 6.07) is 0.479. The molecule has 4 nitrogen and oxygen atoms in total. The summed E-state index contributed by atoms with van der Waals surface area (Å²) >= 11 is 0. The van der Waals surface area contributed by atoms with Gasteiger partial charge < -0.3 is 5.32 Å². The van der Waals surface area contributed by atoms with E-state index in [0.29, 0.717) is 6.04 Å². The highest BCUT2D eigenvalue weighted by molar-refractivity contribution is 5.29. The van der Waals surface area contributed by atoms with Gasteiger partial charge in [0.05, 0.1) is 11.7 Å². The first-order chi connectivity index (χ1) is 7.11. The van der Waals surface area contributed by atoms with Gasteiger partial charge >= 0.3 is 0 Å². The molecule has 0 aliphatic carbocycles. The summed E-state index contributed by atoms with van der Waals surface area (Å²) in [5.74, 6) is 0. The molecule has 1 saturated heterocycles. The van der Waals surface area contributed by atoms with Crippen LogP contribution in [0.4, 0.5) is 0 Å². The van der Waals surface area contributed by atoms with Gasteiger partial charge in [0.2, 0.25) is 0 Å². The maximum atomic E-state index is 4.48. The number of rotatable bonds is 1. The van der Waals surface area contributed by atoms with Crippen molar-refractivity contribution in [1.82, 2.24) is 20.0 Å². The molecule has 2 heterocycles. The minimum atomic E-state index is 0.479. The van der Waals surface area contributed by atoms with Gasteiger partial charge in [0.1, 0.15) is 0 Å². The van der Waals surface area contributed by atoms with Gasteiger partial charge in [-0.1, -0.05) is 0 Å². The molecule has 1 aliphatic heterocycles. The predicted octanol–water partition coefficient (Wildman–Crippen LogP) is 0.613. The minimum Gasteiger partial charge on any atom is -0.314 e. The third kappa shape index (κ3) is 1.79. The molecule has 2 rings (SSSR count). The lowest BCUT2D eigenvalue weighted by atomic mass is 10.0. The number of hydrogen-bond donors (Lipinski definition) is 1. The molecule has 1 fully saturated rings. The first-order valence-electron chi connectivity index (χ1n) is 5.52. The normalized spacial score (nSPS) is 23.3. The van der Waals surface area contributed by atoms with Crippen LogP contribution in [0.3, 0.4) is 0 Å². The van der Waals surface area contributed by atoms with Gasteiger partial charge in [-0.2, -0.15) is 5.10 Å². The third-order valence-electron chi connectivity index (χ3n) is 3.41. The van der Waals surface area contributed by atoms with E-state index < -0.39 is 0 Å². The van der Waals surface area contributed by atoms with Gasteiger partial charge in [0.25, 0.3) is 0 Å². The quantitative estimate of drug-likeness (QED) is 0.734. The molecule has 1 unspecified atom stereocenters. The van der Waals surface area contributed by atoms with Crippen molar-refractivity contribution in [3.63, 3.8) is 0 Å². The van der Waals surface area contributed by atoms with Crippen LogP contribution in [0.25, 0.3) is 0 Å². The maximum absolute atomic E-state index is 4.48. The van der Waals surface area contributed by atoms with Gasteiger partial charge in [-0.3, -0.25) is 9.58 Å². The van der Waals surface area contributed by atoms with Gasteiger partial charge in [-0.05, 0) is 20.9 Å². The van der Waals surface area contributed by atoms with Gasteiger partial charge in [-0.25, -0.2) is 0 Å². The number of nitrogens with zero attached hydrogens (tertiary/aromatic N) is 3. The van der Waals surface area contributed by atoms with Crippen LogP contribution in [-0.4, -0.2) is 41.4 Å². The molecule has 84 valence electrons. The smallest absolute Gasteiger partial charge is 0.0644 e. The Morgan fingerprint density at radius 1 is 1.33 bits per heavy atom. The van der Waals surface area contributed by atoms with Gasteiger partial charge in [0, 0.05) is 37.9 Å². The van der Waals surface area contributed by atoms with Crippen molar-refractivity contribution < 1.29 is 0 Å². The Morgan fingerprint density at radius 3 is 2.60 bits per heavy atom. The van der Waals surface area contributed by atoms with Crippen molar-refractivity contribution >= 4 is 0 Å². The van der Waals surface area contributed by atoms with Gasteiger partial charge in [-0.15, -0.1) is 0 Å². The second-order valence-corrected chi connectivity index (χ2v) is 4.41. The van der Waals surface area contributed by atoms with E-state index >= 15 is 0 Å². The van der Waals surface area contributed by atoms with Crippen LogP contribution < -0.4 is 5.32 Å². The van der Waals surface area contributed by atoms with E-state index in [4.69, 9.17) is 0 Å². The van der Waals surface area contributed by atoms with E-state index in [1.165, 1.54) is 11.3 Å². The second kappa shape index (κ2) is 3.94. The molecule has 0 radical (unpaired) electrons. The fourth-order valence-corrected chi connectivity index (χ4v) is 2.40. The lowest BCUT2D eigenvalue weighted by molar-refractivity contribution is 0.201. The highest BCUT2D eigenvalue weighted by atomic mass is 15.3. The summed E-state index contributed by atoms with van der Waals surface area (Å²) in [6.45, 7) is 7.48. The van der Waals surface area contributed by atoms with Crippen LogP contribution >= 0.6 is 0 Å². The molecule has 4 heteroatoms. The summed E-state index contributed by atoms with van der Waals surface area (Å²) in [4.78, 5) is 2.41. The number of aromatic nitrogens is 2. The zero-order chi connectivity index (χ0) is 11.0. The molecule has 0 saturated carbocycles. The number of piperazine rings is 1. The summed E-state index contributed by atoms with van der Waals surface area (Å²) in [5, 5.41) is 7.93. The standard InChI is InChI=1S/C11H20N4/c1-8-11(9(2)15(4)13-8)10-7-12-5-6-14(10)3/h10,12H,5-7H2,1-4H3. The molecule has 1 aromatic heterocycles. The van der Waals surface area contributed by atoms with E-state index in [9.17, 15) is 0 Å². The Bertz CT molecular complexity index is 356.